The van der Waals surface area contributed by atoms with Gasteiger partial charge < -0.3 is 25.2 Å². The Kier molecular flexibility index (Phi) is 6.25. The number of carbonyl (C=O) groups excluding carboxylic acids is 1. The number of aromatic hydroxyl groups is 1. The normalized spacial score (nSPS) is 22.7. The molecule has 32 heavy (non-hydrogen) atoms. The van der Waals surface area contributed by atoms with Gasteiger partial charge in [0.1, 0.15) is 18.1 Å². The summed E-state index contributed by atoms with van der Waals surface area (Å²) >= 11 is 0. The third kappa shape index (κ3) is 4.51. The first kappa shape index (κ1) is 21.6. The summed E-state index contributed by atoms with van der Waals surface area (Å²) in [5, 5.41) is 34.8. The Hall–Kier alpha value is -3.61. The number of phenols is 1. The van der Waals surface area contributed by atoms with Crippen LogP contribution < -0.4 is 15.4 Å². The lowest BCUT2D eigenvalue weighted by Gasteiger charge is -2.42. The SMILES string of the molecule is N#CC1CC2C(=O)N(CCOc3ccc(O)cc3-c3cccc(C(=O)O)c3)CNC2CN1. The fraction of sp³-hybridized carbons (Fsp3) is 0.348. The number of benzene rings is 2. The Balaban J connectivity index is 1.44. The molecule has 0 radical (unpaired) electrons. The van der Waals surface area contributed by atoms with Crippen LogP contribution in [0.25, 0.3) is 11.1 Å². The molecule has 0 aliphatic carbocycles. The molecule has 3 atom stereocenters. The van der Waals surface area contributed by atoms with Gasteiger partial charge in [-0.15, -0.1) is 0 Å². The topological polar surface area (TPSA) is 135 Å². The van der Waals surface area contributed by atoms with Crippen molar-refractivity contribution in [2.75, 3.05) is 26.4 Å². The Morgan fingerprint density at radius 1 is 1.25 bits per heavy atom. The van der Waals surface area contributed by atoms with Crippen molar-refractivity contribution < 1.29 is 24.5 Å². The van der Waals surface area contributed by atoms with Gasteiger partial charge in [0.05, 0.1) is 36.8 Å². The lowest BCUT2D eigenvalue weighted by Crippen LogP contribution is -2.64. The highest BCUT2D eigenvalue weighted by atomic mass is 16.5. The Morgan fingerprint density at radius 3 is 2.88 bits per heavy atom. The zero-order valence-corrected chi connectivity index (χ0v) is 17.3. The molecule has 2 saturated heterocycles. The van der Waals surface area contributed by atoms with Crippen molar-refractivity contribution in [1.82, 2.24) is 15.5 Å². The first-order chi connectivity index (χ1) is 15.5. The predicted octanol–water partition coefficient (Wildman–Crippen LogP) is 1.40. The van der Waals surface area contributed by atoms with Gasteiger partial charge in [-0.2, -0.15) is 5.26 Å². The van der Waals surface area contributed by atoms with E-state index >= 15 is 0 Å². The van der Waals surface area contributed by atoms with Crippen molar-refractivity contribution in [2.24, 2.45) is 5.92 Å². The van der Waals surface area contributed by atoms with Gasteiger partial charge in [0.2, 0.25) is 5.91 Å². The van der Waals surface area contributed by atoms with Gasteiger partial charge in [-0.3, -0.25) is 10.1 Å². The molecule has 0 saturated carbocycles. The van der Waals surface area contributed by atoms with Gasteiger partial charge in [0, 0.05) is 18.2 Å². The van der Waals surface area contributed by atoms with Crippen LogP contribution in [-0.4, -0.2) is 65.4 Å². The van der Waals surface area contributed by atoms with Crippen LogP contribution in [0.3, 0.4) is 0 Å². The van der Waals surface area contributed by atoms with Gasteiger partial charge in [-0.05, 0) is 42.3 Å². The summed E-state index contributed by atoms with van der Waals surface area (Å²) in [6.07, 6.45) is 0.479. The second-order valence-electron chi connectivity index (χ2n) is 7.92. The number of carbonyl (C=O) groups is 2. The van der Waals surface area contributed by atoms with E-state index in [1.165, 1.54) is 24.3 Å². The number of hydrogen-bond donors (Lipinski definition) is 4. The first-order valence-corrected chi connectivity index (χ1v) is 10.4. The maximum atomic E-state index is 12.9. The molecule has 2 aliphatic heterocycles. The van der Waals surface area contributed by atoms with Crippen LogP contribution in [0.5, 0.6) is 11.5 Å². The number of nitrogens with one attached hydrogen (secondary N) is 2. The maximum Gasteiger partial charge on any atom is 0.335 e. The van der Waals surface area contributed by atoms with Crippen LogP contribution in [0.15, 0.2) is 42.5 Å². The highest BCUT2D eigenvalue weighted by Gasteiger charge is 2.40. The molecule has 0 spiro atoms. The van der Waals surface area contributed by atoms with E-state index in [9.17, 15) is 19.8 Å². The summed E-state index contributed by atoms with van der Waals surface area (Å²) in [5.41, 5.74) is 1.30. The number of amides is 1. The average Bonchev–Trinajstić information content (AvgIpc) is 2.81. The molecule has 166 valence electrons. The zero-order valence-electron chi connectivity index (χ0n) is 17.3. The molecule has 0 bridgehead atoms. The minimum absolute atomic E-state index is 0.0131. The number of fused-ring (bicyclic) bond motifs is 1. The number of carboxylic acid groups (broad SMARTS) is 1. The molecule has 2 fully saturated rings. The molecule has 2 aromatic rings. The molecule has 2 heterocycles. The summed E-state index contributed by atoms with van der Waals surface area (Å²) < 4.78 is 5.93. The molecule has 3 unspecified atom stereocenters. The summed E-state index contributed by atoms with van der Waals surface area (Å²) in [4.78, 5) is 25.9. The number of carboxylic acids is 1. The quantitative estimate of drug-likeness (QED) is 0.534. The fourth-order valence-corrected chi connectivity index (χ4v) is 4.18. The lowest BCUT2D eigenvalue weighted by atomic mass is 9.86. The molecule has 1 amide bonds. The van der Waals surface area contributed by atoms with Crippen LogP contribution >= 0.6 is 0 Å². The molecule has 0 aromatic heterocycles. The second kappa shape index (κ2) is 9.26. The van der Waals surface area contributed by atoms with Crippen LogP contribution in [0, 0.1) is 17.2 Å². The van der Waals surface area contributed by atoms with Gasteiger partial charge in [0.25, 0.3) is 0 Å². The third-order valence-corrected chi connectivity index (χ3v) is 5.89. The highest BCUT2D eigenvalue weighted by molar-refractivity contribution is 5.90. The Bertz CT molecular complexity index is 1070. The number of ether oxygens (including phenoxy) is 1. The molecule has 4 rings (SSSR count). The number of piperidine rings is 1. The van der Waals surface area contributed by atoms with E-state index in [2.05, 4.69) is 16.7 Å². The molecular weight excluding hydrogens is 412 g/mol. The van der Waals surface area contributed by atoms with Crippen molar-refractivity contribution in [3.8, 4) is 28.7 Å². The molecule has 2 aliphatic rings. The second-order valence-corrected chi connectivity index (χ2v) is 7.92. The van der Waals surface area contributed by atoms with Crippen LogP contribution in [0.2, 0.25) is 0 Å². The molecule has 4 N–H and O–H groups in total. The summed E-state index contributed by atoms with van der Waals surface area (Å²) in [6.45, 7) is 1.58. The highest BCUT2D eigenvalue weighted by Crippen LogP contribution is 2.34. The zero-order chi connectivity index (χ0) is 22.7. The van der Waals surface area contributed by atoms with Crippen molar-refractivity contribution in [3.05, 3.63) is 48.0 Å². The van der Waals surface area contributed by atoms with Gasteiger partial charge >= 0.3 is 5.97 Å². The van der Waals surface area contributed by atoms with Crippen LogP contribution in [-0.2, 0) is 4.79 Å². The van der Waals surface area contributed by atoms with E-state index < -0.39 is 5.97 Å². The predicted molar refractivity (Wildman–Crippen MR) is 115 cm³/mol. The summed E-state index contributed by atoms with van der Waals surface area (Å²) in [5.74, 6) is -0.753. The van der Waals surface area contributed by atoms with E-state index in [0.29, 0.717) is 43.1 Å². The fourth-order valence-electron chi connectivity index (χ4n) is 4.18. The van der Waals surface area contributed by atoms with Crippen molar-refractivity contribution >= 4 is 11.9 Å². The molecular formula is C23H24N4O5. The standard InChI is InChI=1S/C23H24N4O5/c24-11-16-9-19-20(12-25-16)26-13-27(22(19)29)6-7-32-21-5-4-17(28)10-18(21)14-2-1-3-15(8-14)23(30)31/h1-5,8,10,16,19-20,25-26,28H,6-7,9,12-13H2,(H,30,31). The van der Waals surface area contributed by atoms with Gasteiger partial charge in [-0.1, -0.05) is 12.1 Å². The number of nitrogens with zero attached hydrogens (tertiary/aromatic N) is 2. The molecule has 9 nitrogen and oxygen atoms in total. The van der Waals surface area contributed by atoms with E-state index in [-0.39, 0.29) is 41.8 Å². The average molecular weight is 436 g/mol. The van der Waals surface area contributed by atoms with Crippen molar-refractivity contribution in [1.29, 1.82) is 5.26 Å². The van der Waals surface area contributed by atoms with Gasteiger partial charge in [-0.25, -0.2) is 4.79 Å². The number of hydrogen-bond acceptors (Lipinski definition) is 7. The maximum absolute atomic E-state index is 12.9. The van der Waals surface area contributed by atoms with Crippen molar-refractivity contribution in [3.63, 3.8) is 0 Å². The summed E-state index contributed by atoms with van der Waals surface area (Å²) in [6, 6.07) is 12.9. The minimum atomic E-state index is -1.04. The Morgan fingerprint density at radius 2 is 2.09 bits per heavy atom. The lowest BCUT2D eigenvalue weighted by molar-refractivity contribution is -0.142. The smallest absolute Gasteiger partial charge is 0.335 e. The number of aromatic carboxylic acids is 1. The summed E-state index contributed by atoms with van der Waals surface area (Å²) in [7, 11) is 0. The van der Waals surface area contributed by atoms with E-state index in [1.54, 1.807) is 23.1 Å². The number of rotatable bonds is 6. The number of nitriles is 1. The van der Waals surface area contributed by atoms with Gasteiger partial charge in [0.15, 0.2) is 0 Å². The number of phenolic OH excluding ortho intramolecular Hbond substituents is 1. The van der Waals surface area contributed by atoms with E-state index in [1.807, 2.05) is 0 Å². The molecule has 2 aromatic carbocycles. The van der Waals surface area contributed by atoms with Crippen molar-refractivity contribution in [2.45, 2.75) is 18.5 Å². The Labute approximate surface area is 185 Å². The first-order valence-electron chi connectivity index (χ1n) is 10.4. The van der Waals surface area contributed by atoms with E-state index in [0.717, 1.165) is 0 Å². The third-order valence-electron chi connectivity index (χ3n) is 5.89. The van der Waals surface area contributed by atoms with Crippen LogP contribution in [0.4, 0.5) is 0 Å². The molecule has 9 heteroatoms. The minimum Gasteiger partial charge on any atom is -0.508 e. The largest absolute Gasteiger partial charge is 0.508 e. The van der Waals surface area contributed by atoms with E-state index in [4.69, 9.17) is 10.00 Å². The monoisotopic (exact) mass is 436 g/mol. The van der Waals surface area contributed by atoms with Crippen LogP contribution in [0.1, 0.15) is 16.8 Å².